The summed E-state index contributed by atoms with van der Waals surface area (Å²) in [6, 6.07) is 28.8. The number of alkyl halides is 1. The van der Waals surface area contributed by atoms with Crippen molar-refractivity contribution < 1.29 is 33.6 Å². The predicted octanol–water partition coefficient (Wildman–Crippen LogP) is 4.36. The van der Waals surface area contributed by atoms with E-state index in [1.807, 2.05) is 91.0 Å². The molecule has 36 heavy (non-hydrogen) atoms. The molecule has 0 aliphatic carbocycles. The average Bonchev–Trinajstić information content (AvgIpc) is 2.93. The maximum atomic E-state index is 12.6. The maximum Gasteiger partial charge on any atom is 0.367 e. The van der Waals surface area contributed by atoms with Gasteiger partial charge in [0.15, 0.2) is 6.29 Å². The van der Waals surface area contributed by atoms with Gasteiger partial charge in [0.05, 0.1) is 26.9 Å². The highest BCUT2D eigenvalue weighted by Gasteiger charge is 2.60. The van der Waals surface area contributed by atoms with E-state index in [9.17, 15) is 9.90 Å². The molecule has 0 amide bonds. The molecule has 1 fully saturated rings. The van der Waals surface area contributed by atoms with Crippen molar-refractivity contribution in [2.24, 2.45) is 0 Å². The van der Waals surface area contributed by atoms with Crippen LogP contribution in [0.1, 0.15) is 16.7 Å². The predicted molar refractivity (Wildman–Crippen MR) is 136 cm³/mol. The molecular weight excluding hydrogens is 528 g/mol. The number of ether oxygens (including phenoxy) is 5. The second-order valence-electron chi connectivity index (χ2n) is 8.40. The van der Waals surface area contributed by atoms with Gasteiger partial charge in [-0.1, -0.05) is 107 Å². The van der Waals surface area contributed by atoms with Crippen molar-refractivity contribution in [3.63, 3.8) is 0 Å². The van der Waals surface area contributed by atoms with Gasteiger partial charge in [0, 0.05) is 0 Å². The van der Waals surface area contributed by atoms with Gasteiger partial charge < -0.3 is 28.8 Å². The Labute approximate surface area is 219 Å². The summed E-state index contributed by atoms with van der Waals surface area (Å²) in [5, 5.41) is 11.3. The summed E-state index contributed by atoms with van der Waals surface area (Å²) in [5.74, 6) is -3.32. The van der Waals surface area contributed by atoms with Gasteiger partial charge in [-0.2, -0.15) is 0 Å². The highest BCUT2D eigenvalue weighted by Crippen LogP contribution is 2.38. The first kappa shape index (κ1) is 26.5. The fourth-order valence-electron chi connectivity index (χ4n) is 3.93. The maximum absolute atomic E-state index is 12.6. The first-order chi connectivity index (χ1) is 17.5. The molecule has 1 aliphatic rings. The number of carbonyl (C=O) groups is 1. The number of benzene rings is 3. The second-order valence-corrected chi connectivity index (χ2v) is 9.38. The van der Waals surface area contributed by atoms with Crippen molar-refractivity contribution in [2.45, 2.75) is 48.9 Å². The Bertz CT molecular complexity index is 1080. The molecule has 3 aromatic carbocycles. The third kappa shape index (κ3) is 6.39. The molecule has 1 N–H and O–H groups in total. The van der Waals surface area contributed by atoms with Crippen molar-refractivity contribution in [1.82, 2.24) is 0 Å². The molecule has 0 aromatic heterocycles. The summed E-state index contributed by atoms with van der Waals surface area (Å²) < 4.78 is 29.3. The van der Waals surface area contributed by atoms with Crippen LogP contribution in [0, 0.1) is 0 Å². The van der Waals surface area contributed by atoms with E-state index in [1.54, 1.807) is 0 Å². The average molecular weight is 557 g/mol. The second kappa shape index (κ2) is 12.6. The Morgan fingerprint density at radius 2 is 1.19 bits per heavy atom. The molecule has 0 spiro atoms. The van der Waals surface area contributed by atoms with Crippen LogP contribution in [0.2, 0.25) is 0 Å². The molecule has 3 aromatic rings. The highest BCUT2D eigenvalue weighted by molar-refractivity contribution is 9.09. The Hall–Kier alpha value is -2.59. The zero-order valence-electron chi connectivity index (χ0n) is 19.9. The Morgan fingerprint density at radius 1 is 0.778 bits per heavy atom. The largest absolute Gasteiger partial charge is 0.465 e. The zero-order valence-corrected chi connectivity index (χ0v) is 21.5. The lowest BCUT2D eigenvalue weighted by Crippen LogP contribution is -2.67. The van der Waals surface area contributed by atoms with Gasteiger partial charge in [0.2, 0.25) is 0 Å². The van der Waals surface area contributed by atoms with Gasteiger partial charge in [-0.3, -0.25) is 0 Å². The fraction of sp³-hybridized carbons (Fsp3) is 0.321. The van der Waals surface area contributed by atoms with Crippen LogP contribution in [0.15, 0.2) is 91.0 Å². The molecule has 0 radical (unpaired) electrons. The van der Waals surface area contributed by atoms with Gasteiger partial charge in [-0.25, -0.2) is 4.79 Å². The molecule has 1 saturated heterocycles. The third-order valence-electron chi connectivity index (χ3n) is 5.86. The first-order valence-electron chi connectivity index (χ1n) is 11.6. The number of methoxy groups -OCH3 is 1. The van der Waals surface area contributed by atoms with Crippen molar-refractivity contribution in [3.05, 3.63) is 108 Å². The van der Waals surface area contributed by atoms with Crippen LogP contribution in [0.3, 0.4) is 0 Å². The summed E-state index contributed by atoms with van der Waals surface area (Å²) in [6.07, 6.45) is -2.74. The van der Waals surface area contributed by atoms with E-state index in [2.05, 4.69) is 15.9 Å². The molecule has 8 heteroatoms. The number of esters is 1. The molecule has 0 saturated carbocycles. The van der Waals surface area contributed by atoms with E-state index in [0.717, 1.165) is 16.7 Å². The quantitative estimate of drug-likeness (QED) is 0.293. The van der Waals surface area contributed by atoms with Crippen molar-refractivity contribution in [1.29, 1.82) is 0 Å². The van der Waals surface area contributed by atoms with E-state index < -0.39 is 35.1 Å². The monoisotopic (exact) mass is 556 g/mol. The minimum Gasteiger partial charge on any atom is -0.465 e. The molecule has 190 valence electrons. The van der Waals surface area contributed by atoms with E-state index >= 15 is 0 Å². The molecule has 0 unspecified atom stereocenters. The Balaban J connectivity index is 1.62. The van der Waals surface area contributed by atoms with Crippen LogP contribution in [0.25, 0.3) is 0 Å². The summed E-state index contributed by atoms with van der Waals surface area (Å²) in [7, 11) is 1.18. The minimum absolute atomic E-state index is 0.173. The number of halogens is 1. The van der Waals surface area contributed by atoms with E-state index in [1.165, 1.54) is 7.11 Å². The summed E-state index contributed by atoms with van der Waals surface area (Å²) in [5.41, 5.74) is 2.77. The summed E-state index contributed by atoms with van der Waals surface area (Å²) in [4.78, 5) is 11.6. The van der Waals surface area contributed by atoms with Crippen LogP contribution in [-0.4, -0.2) is 47.3 Å². The van der Waals surface area contributed by atoms with E-state index in [4.69, 9.17) is 23.7 Å². The third-order valence-corrected chi connectivity index (χ3v) is 7.00. The summed E-state index contributed by atoms with van der Waals surface area (Å²) in [6.45, 7) is 0.648. The van der Waals surface area contributed by atoms with E-state index in [0.29, 0.717) is 0 Å². The highest BCUT2D eigenvalue weighted by atomic mass is 79.9. The van der Waals surface area contributed by atoms with E-state index in [-0.39, 0.29) is 19.8 Å². The molecule has 0 bridgehead atoms. The number of hydrogen-bond acceptors (Lipinski definition) is 7. The Kier molecular flexibility index (Phi) is 9.25. The first-order valence-corrected chi connectivity index (χ1v) is 12.5. The normalized spacial score (nSPS) is 25.9. The molecule has 5 atom stereocenters. The topological polar surface area (TPSA) is 83.5 Å². The number of hydrogen-bond donors (Lipinski definition) is 1. The molecule has 1 heterocycles. The van der Waals surface area contributed by atoms with Crippen LogP contribution in [-0.2, 0) is 48.3 Å². The minimum atomic E-state index is -2.36. The number of rotatable bonds is 10. The molecule has 4 rings (SSSR count). The summed E-state index contributed by atoms with van der Waals surface area (Å²) >= 11 is 3.45. The molecule has 1 aliphatic heterocycles. The fourth-order valence-corrected chi connectivity index (χ4v) is 4.68. The van der Waals surface area contributed by atoms with Crippen molar-refractivity contribution in [3.8, 4) is 0 Å². The van der Waals surface area contributed by atoms with Crippen LogP contribution in [0.4, 0.5) is 0 Å². The lowest BCUT2D eigenvalue weighted by molar-refractivity contribution is -0.357. The van der Waals surface area contributed by atoms with Gasteiger partial charge in [0.1, 0.15) is 17.0 Å². The Morgan fingerprint density at radius 3 is 1.64 bits per heavy atom. The van der Waals surface area contributed by atoms with Crippen LogP contribution >= 0.6 is 15.9 Å². The SMILES string of the molecule is COC(=O)[C@]1(O)O[C@@H](OCc2ccccc2)[C@H](OCc2ccccc2)[C@@H](OCc2ccccc2)[C@@H]1Br. The van der Waals surface area contributed by atoms with Crippen molar-refractivity contribution in [2.75, 3.05) is 7.11 Å². The standard InChI is InChI=1S/C28H29BrO7/c1-32-27(30)28(31)25(29)23(33-17-20-11-5-2-6-12-20)24(34-18-21-13-7-3-8-14-21)26(36-28)35-19-22-15-9-4-10-16-22/h2-16,23-26,31H,17-19H2,1H3/t23-,24-,25+,26-,28-/m1/s1. The lowest BCUT2D eigenvalue weighted by atomic mass is 9.98. The number of aliphatic hydroxyl groups is 1. The van der Waals surface area contributed by atoms with Crippen molar-refractivity contribution >= 4 is 21.9 Å². The zero-order chi connectivity index (χ0) is 25.4. The van der Waals surface area contributed by atoms with Gasteiger partial charge in [-0.05, 0) is 16.7 Å². The molecule has 7 nitrogen and oxygen atoms in total. The van der Waals surface area contributed by atoms with Gasteiger partial charge >= 0.3 is 5.97 Å². The number of carbonyl (C=O) groups excluding carboxylic acids is 1. The van der Waals surface area contributed by atoms with Crippen LogP contribution in [0.5, 0.6) is 0 Å². The smallest absolute Gasteiger partial charge is 0.367 e. The lowest BCUT2D eigenvalue weighted by Gasteiger charge is -2.46. The molecular formula is C28H29BrO7. The van der Waals surface area contributed by atoms with Crippen LogP contribution < -0.4 is 0 Å². The van der Waals surface area contributed by atoms with Gasteiger partial charge in [0.25, 0.3) is 5.79 Å². The van der Waals surface area contributed by atoms with Gasteiger partial charge in [-0.15, -0.1) is 0 Å².